The summed E-state index contributed by atoms with van der Waals surface area (Å²) in [7, 11) is 0. The molecule has 3 heteroatoms. The molecular weight excluding hydrogens is 294 g/mol. The number of anilines is 1. The first-order chi connectivity index (χ1) is 11.8. The third-order valence-corrected chi connectivity index (χ3v) is 4.40. The van der Waals surface area contributed by atoms with Gasteiger partial charge in [-0.3, -0.25) is 4.99 Å². The second-order valence-corrected chi connectivity index (χ2v) is 5.86. The Hall–Kier alpha value is -3.07. The Morgan fingerprint density at radius 3 is 2.50 bits per heavy atom. The number of nitrogen functional groups attached to an aromatic ring is 1. The minimum absolute atomic E-state index is 0.692. The number of hydrogen-bond donors (Lipinski definition) is 1. The van der Waals surface area contributed by atoms with E-state index in [4.69, 9.17) is 5.73 Å². The van der Waals surface area contributed by atoms with Crippen molar-refractivity contribution in [1.82, 2.24) is 4.57 Å². The second kappa shape index (κ2) is 5.85. The van der Waals surface area contributed by atoms with Gasteiger partial charge in [0.25, 0.3) is 0 Å². The summed E-state index contributed by atoms with van der Waals surface area (Å²) in [5.41, 5.74) is 11.1. The molecule has 0 aliphatic rings. The topological polar surface area (TPSA) is 43.3 Å². The fourth-order valence-corrected chi connectivity index (χ4v) is 3.24. The molecule has 0 spiro atoms. The Labute approximate surface area is 141 Å². The standard InChI is InChI=1S/C21H19N3/c1-2-24-20-10-6-3-7-16(20)17-13-15(11-12-21(17)24)14-23-19-9-5-4-8-18(19)22/h3-14H,2,22H2,1H3. The predicted octanol–water partition coefficient (Wildman–Crippen LogP) is 5.15. The molecular formula is C21H19N3. The number of fused-ring (bicyclic) bond motifs is 3. The molecule has 0 saturated carbocycles. The van der Waals surface area contributed by atoms with Gasteiger partial charge in [0, 0.05) is 34.6 Å². The summed E-state index contributed by atoms with van der Waals surface area (Å²) in [6.07, 6.45) is 1.88. The maximum absolute atomic E-state index is 5.95. The first kappa shape index (κ1) is 14.5. The van der Waals surface area contributed by atoms with Crippen LogP contribution in [0.2, 0.25) is 0 Å². The molecule has 0 saturated heterocycles. The number of para-hydroxylation sites is 3. The lowest BCUT2D eigenvalue weighted by atomic mass is 10.1. The van der Waals surface area contributed by atoms with E-state index in [1.807, 2.05) is 30.5 Å². The van der Waals surface area contributed by atoms with Gasteiger partial charge in [-0.2, -0.15) is 0 Å². The number of aryl methyl sites for hydroxylation is 1. The molecule has 0 aliphatic heterocycles. The van der Waals surface area contributed by atoms with Crippen molar-refractivity contribution in [1.29, 1.82) is 0 Å². The molecule has 1 aromatic heterocycles. The van der Waals surface area contributed by atoms with E-state index in [9.17, 15) is 0 Å². The van der Waals surface area contributed by atoms with Gasteiger partial charge in [-0.25, -0.2) is 0 Å². The molecule has 0 aliphatic carbocycles. The van der Waals surface area contributed by atoms with Crippen LogP contribution in [-0.2, 0) is 6.54 Å². The van der Waals surface area contributed by atoms with Gasteiger partial charge in [0.05, 0.1) is 11.4 Å². The molecule has 4 rings (SSSR count). The summed E-state index contributed by atoms with van der Waals surface area (Å²) in [5.74, 6) is 0. The number of hydrogen-bond acceptors (Lipinski definition) is 2. The van der Waals surface area contributed by atoms with Gasteiger partial charge in [-0.1, -0.05) is 36.4 Å². The Morgan fingerprint density at radius 1 is 0.917 bits per heavy atom. The van der Waals surface area contributed by atoms with E-state index in [1.54, 1.807) is 0 Å². The van der Waals surface area contributed by atoms with Gasteiger partial charge in [-0.05, 0) is 42.8 Å². The first-order valence-electron chi connectivity index (χ1n) is 8.17. The van der Waals surface area contributed by atoms with Crippen LogP contribution >= 0.6 is 0 Å². The molecule has 0 bridgehead atoms. The molecule has 4 aromatic rings. The van der Waals surface area contributed by atoms with Crippen molar-refractivity contribution < 1.29 is 0 Å². The largest absolute Gasteiger partial charge is 0.397 e. The number of nitrogens with zero attached hydrogens (tertiary/aromatic N) is 2. The summed E-state index contributed by atoms with van der Waals surface area (Å²) in [5, 5.41) is 2.54. The quantitative estimate of drug-likeness (QED) is 0.412. The molecule has 2 N–H and O–H groups in total. The third kappa shape index (κ3) is 2.35. The van der Waals surface area contributed by atoms with Gasteiger partial charge in [0.15, 0.2) is 0 Å². The van der Waals surface area contributed by atoms with E-state index in [1.165, 1.54) is 21.8 Å². The van der Waals surface area contributed by atoms with Crippen molar-refractivity contribution in [2.24, 2.45) is 4.99 Å². The summed E-state index contributed by atoms with van der Waals surface area (Å²) in [6, 6.07) is 22.7. The van der Waals surface area contributed by atoms with Crippen LogP contribution in [0.4, 0.5) is 11.4 Å². The van der Waals surface area contributed by atoms with E-state index in [2.05, 4.69) is 58.9 Å². The highest BCUT2D eigenvalue weighted by molar-refractivity contribution is 6.09. The fraction of sp³-hybridized carbons (Fsp3) is 0.0952. The lowest BCUT2D eigenvalue weighted by Gasteiger charge is -2.03. The summed E-state index contributed by atoms with van der Waals surface area (Å²) in [6.45, 7) is 3.14. The van der Waals surface area contributed by atoms with E-state index >= 15 is 0 Å². The van der Waals surface area contributed by atoms with Crippen LogP contribution in [0.5, 0.6) is 0 Å². The molecule has 0 unspecified atom stereocenters. The smallest absolute Gasteiger partial charge is 0.0859 e. The highest BCUT2D eigenvalue weighted by atomic mass is 15.0. The number of benzene rings is 3. The minimum atomic E-state index is 0.692. The Kier molecular flexibility index (Phi) is 3.54. The van der Waals surface area contributed by atoms with Crippen molar-refractivity contribution >= 4 is 39.4 Å². The van der Waals surface area contributed by atoms with Gasteiger partial charge in [0.2, 0.25) is 0 Å². The van der Waals surface area contributed by atoms with Crippen molar-refractivity contribution in [3.05, 3.63) is 72.3 Å². The maximum Gasteiger partial charge on any atom is 0.0859 e. The predicted molar refractivity (Wildman–Crippen MR) is 103 cm³/mol. The molecule has 0 atom stereocenters. The van der Waals surface area contributed by atoms with E-state index in [0.717, 1.165) is 17.8 Å². The molecule has 1 heterocycles. The normalized spacial score (nSPS) is 11.7. The zero-order valence-corrected chi connectivity index (χ0v) is 13.6. The van der Waals surface area contributed by atoms with Crippen molar-refractivity contribution in [2.45, 2.75) is 13.5 Å². The number of aliphatic imine (C=N–C) groups is 1. The first-order valence-corrected chi connectivity index (χ1v) is 8.17. The average Bonchev–Trinajstić information content (AvgIpc) is 2.94. The van der Waals surface area contributed by atoms with Gasteiger partial charge in [0.1, 0.15) is 0 Å². The molecule has 0 fully saturated rings. The number of rotatable bonds is 3. The van der Waals surface area contributed by atoms with Crippen molar-refractivity contribution in [3.63, 3.8) is 0 Å². The van der Waals surface area contributed by atoms with Crippen LogP contribution in [0, 0.1) is 0 Å². The highest BCUT2D eigenvalue weighted by Crippen LogP contribution is 2.29. The third-order valence-electron chi connectivity index (χ3n) is 4.40. The van der Waals surface area contributed by atoms with Gasteiger partial charge in [-0.15, -0.1) is 0 Å². The van der Waals surface area contributed by atoms with Crippen LogP contribution in [-0.4, -0.2) is 10.8 Å². The van der Waals surface area contributed by atoms with Crippen LogP contribution < -0.4 is 5.73 Å². The summed E-state index contributed by atoms with van der Waals surface area (Å²) < 4.78 is 2.35. The molecule has 3 nitrogen and oxygen atoms in total. The summed E-state index contributed by atoms with van der Waals surface area (Å²) >= 11 is 0. The van der Waals surface area contributed by atoms with Crippen LogP contribution in [0.15, 0.2) is 71.7 Å². The average molecular weight is 313 g/mol. The molecule has 24 heavy (non-hydrogen) atoms. The number of aromatic nitrogens is 1. The molecule has 0 radical (unpaired) electrons. The van der Waals surface area contributed by atoms with E-state index < -0.39 is 0 Å². The van der Waals surface area contributed by atoms with Gasteiger partial charge >= 0.3 is 0 Å². The highest BCUT2D eigenvalue weighted by Gasteiger charge is 2.09. The maximum atomic E-state index is 5.95. The molecule has 0 amide bonds. The van der Waals surface area contributed by atoms with Crippen LogP contribution in [0.25, 0.3) is 21.8 Å². The SMILES string of the molecule is CCn1c2ccccc2c2cc(C=Nc3ccccc3N)ccc21. The van der Waals surface area contributed by atoms with E-state index in [-0.39, 0.29) is 0 Å². The van der Waals surface area contributed by atoms with Crippen LogP contribution in [0.3, 0.4) is 0 Å². The molecule has 118 valence electrons. The van der Waals surface area contributed by atoms with Crippen LogP contribution in [0.1, 0.15) is 12.5 Å². The second-order valence-electron chi connectivity index (χ2n) is 5.86. The monoisotopic (exact) mass is 313 g/mol. The Balaban J connectivity index is 1.84. The minimum Gasteiger partial charge on any atom is -0.397 e. The van der Waals surface area contributed by atoms with Crippen molar-refractivity contribution in [3.8, 4) is 0 Å². The fourth-order valence-electron chi connectivity index (χ4n) is 3.24. The molecule has 3 aromatic carbocycles. The zero-order chi connectivity index (χ0) is 16.5. The van der Waals surface area contributed by atoms with Gasteiger partial charge < -0.3 is 10.3 Å². The number of nitrogens with two attached hydrogens (primary N) is 1. The van der Waals surface area contributed by atoms with E-state index in [0.29, 0.717) is 5.69 Å². The summed E-state index contributed by atoms with van der Waals surface area (Å²) in [4.78, 5) is 4.53. The Morgan fingerprint density at radius 2 is 1.67 bits per heavy atom. The zero-order valence-electron chi connectivity index (χ0n) is 13.6. The lowest BCUT2D eigenvalue weighted by Crippen LogP contribution is -1.92. The lowest BCUT2D eigenvalue weighted by molar-refractivity contribution is 0.827. The van der Waals surface area contributed by atoms with Crippen molar-refractivity contribution in [2.75, 3.05) is 5.73 Å². The Bertz CT molecular complexity index is 1060.